The Labute approximate surface area is 207 Å². The number of unbranched alkanes of at least 4 members (excludes halogenated alkanes) is 1. The van der Waals surface area contributed by atoms with E-state index in [1.807, 2.05) is 37.3 Å². The highest BCUT2D eigenvalue weighted by atomic mass is 19.2. The normalized spacial score (nSPS) is 18.0. The standard InChI is InChI=1S/C31H35F3O/c1-3-4-19-35-29-18-11-23(20-28(29)32)8-7-22-9-14-25(15-10-22)27-17-16-26(30(33)31(27)34)24-12-5-21(2)6-13-24/h5-6,11-13,16-18,20,22,25H,3-4,7-10,14-15,19H2,1-2H3. The van der Waals surface area contributed by atoms with E-state index in [4.69, 9.17) is 4.74 Å². The molecule has 0 heterocycles. The lowest BCUT2D eigenvalue weighted by molar-refractivity contribution is 0.293. The Kier molecular flexibility index (Phi) is 8.54. The molecule has 0 bridgehead atoms. The van der Waals surface area contributed by atoms with E-state index in [1.54, 1.807) is 24.3 Å². The van der Waals surface area contributed by atoms with Crippen molar-refractivity contribution in [2.24, 2.45) is 5.92 Å². The number of hydrogen-bond acceptors (Lipinski definition) is 1. The van der Waals surface area contributed by atoms with Crippen molar-refractivity contribution in [3.8, 4) is 16.9 Å². The first-order chi connectivity index (χ1) is 17.0. The maximum Gasteiger partial charge on any atom is 0.166 e. The zero-order chi connectivity index (χ0) is 24.8. The molecule has 0 unspecified atom stereocenters. The quantitative estimate of drug-likeness (QED) is 0.277. The van der Waals surface area contributed by atoms with Crippen LogP contribution in [0.15, 0.2) is 54.6 Å². The van der Waals surface area contributed by atoms with Gasteiger partial charge in [0.25, 0.3) is 0 Å². The van der Waals surface area contributed by atoms with Crippen molar-refractivity contribution < 1.29 is 17.9 Å². The van der Waals surface area contributed by atoms with Crippen LogP contribution in [0.25, 0.3) is 11.1 Å². The summed E-state index contributed by atoms with van der Waals surface area (Å²) in [5.74, 6) is -0.862. The summed E-state index contributed by atoms with van der Waals surface area (Å²) in [6.45, 7) is 4.58. The highest BCUT2D eigenvalue weighted by Crippen LogP contribution is 2.40. The molecular weight excluding hydrogens is 445 g/mol. The van der Waals surface area contributed by atoms with Crippen LogP contribution in [0.2, 0.25) is 0 Å². The van der Waals surface area contributed by atoms with Crippen molar-refractivity contribution in [2.45, 2.75) is 71.1 Å². The number of benzene rings is 3. The van der Waals surface area contributed by atoms with E-state index in [9.17, 15) is 8.78 Å². The Hall–Kier alpha value is -2.75. The molecule has 0 saturated heterocycles. The smallest absolute Gasteiger partial charge is 0.166 e. The van der Waals surface area contributed by atoms with Crippen molar-refractivity contribution in [1.82, 2.24) is 0 Å². The molecule has 4 rings (SSSR count). The topological polar surface area (TPSA) is 9.23 Å². The van der Waals surface area contributed by atoms with Gasteiger partial charge in [0, 0.05) is 5.56 Å². The summed E-state index contributed by atoms with van der Waals surface area (Å²) in [5.41, 5.74) is 3.57. The Bertz CT molecular complexity index is 1110. The van der Waals surface area contributed by atoms with Crippen LogP contribution in [0, 0.1) is 30.3 Å². The van der Waals surface area contributed by atoms with Crippen molar-refractivity contribution in [1.29, 1.82) is 0 Å². The minimum absolute atomic E-state index is 0.0461. The van der Waals surface area contributed by atoms with Gasteiger partial charge in [-0.15, -0.1) is 0 Å². The Morgan fingerprint density at radius 3 is 2.29 bits per heavy atom. The third kappa shape index (κ3) is 6.28. The lowest BCUT2D eigenvalue weighted by Crippen LogP contribution is -2.15. The van der Waals surface area contributed by atoms with Crippen molar-refractivity contribution in [3.05, 3.63) is 88.7 Å². The van der Waals surface area contributed by atoms with Gasteiger partial charge in [-0.3, -0.25) is 0 Å². The van der Waals surface area contributed by atoms with E-state index >= 15 is 4.39 Å². The van der Waals surface area contributed by atoms with Crippen LogP contribution in [0.5, 0.6) is 5.75 Å². The largest absolute Gasteiger partial charge is 0.491 e. The molecule has 0 amide bonds. The second kappa shape index (κ2) is 11.8. The zero-order valence-electron chi connectivity index (χ0n) is 20.8. The maximum atomic E-state index is 15.0. The van der Waals surface area contributed by atoms with Gasteiger partial charge < -0.3 is 4.74 Å². The first kappa shape index (κ1) is 25.3. The first-order valence-corrected chi connectivity index (χ1v) is 12.9. The summed E-state index contributed by atoms with van der Waals surface area (Å²) >= 11 is 0. The third-order valence-electron chi connectivity index (χ3n) is 7.35. The first-order valence-electron chi connectivity index (χ1n) is 12.9. The summed E-state index contributed by atoms with van der Waals surface area (Å²) in [4.78, 5) is 0. The van der Waals surface area contributed by atoms with Gasteiger partial charge in [0.05, 0.1) is 6.61 Å². The number of halogens is 3. The molecule has 3 aromatic carbocycles. The van der Waals surface area contributed by atoms with Crippen molar-refractivity contribution in [2.75, 3.05) is 6.61 Å². The predicted molar refractivity (Wildman–Crippen MR) is 136 cm³/mol. The van der Waals surface area contributed by atoms with Crippen LogP contribution in [0.3, 0.4) is 0 Å². The van der Waals surface area contributed by atoms with E-state index in [0.717, 1.165) is 62.5 Å². The van der Waals surface area contributed by atoms with Crippen molar-refractivity contribution >= 4 is 0 Å². The molecule has 3 aromatic rings. The monoisotopic (exact) mass is 480 g/mol. The average molecular weight is 481 g/mol. The molecule has 1 saturated carbocycles. The molecule has 1 aliphatic carbocycles. The second-order valence-electron chi connectivity index (χ2n) is 9.92. The van der Waals surface area contributed by atoms with Gasteiger partial charge in [0.1, 0.15) is 0 Å². The lowest BCUT2D eigenvalue weighted by atomic mass is 9.76. The number of aryl methyl sites for hydroxylation is 2. The van der Waals surface area contributed by atoms with Crippen LogP contribution in [0.1, 0.15) is 74.5 Å². The van der Waals surface area contributed by atoms with E-state index in [-0.39, 0.29) is 11.7 Å². The molecular formula is C31H35F3O. The molecule has 186 valence electrons. The van der Waals surface area contributed by atoms with Gasteiger partial charge in [-0.25, -0.2) is 13.2 Å². The fourth-order valence-electron chi connectivity index (χ4n) is 5.11. The maximum absolute atomic E-state index is 15.0. The fourth-order valence-corrected chi connectivity index (χ4v) is 5.11. The van der Waals surface area contributed by atoms with Gasteiger partial charge in [-0.05, 0) is 92.5 Å². The van der Waals surface area contributed by atoms with Gasteiger partial charge in [0.2, 0.25) is 0 Å². The number of hydrogen-bond donors (Lipinski definition) is 0. The molecule has 1 aliphatic rings. The number of rotatable bonds is 9. The molecule has 0 spiro atoms. The molecule has 4 heteroatoms. The molecule has 0 N–H and O–H groups in total. The molecule has 0 aromatic heterocycles. The highest BCUT2D eigenvalue weighted by Gasteiger charge is 2.26. The molecule has 1 fully saturated rings. The Morgan fingerprint density at radius 1 is 0.857 bits per heavy atom. The van der Waals surface area contributed by atoms with Crippen LogP contribution in [-0.2, 0) is 6.42 Å². The van der Waals surface area contributed by atoms with Crippen LogP contribution in [-0.4, -0.2) is 6.61 Å². The molecule has 0 radical (unpaired) electrons. The van der Waals surface area contributed by atoms with E-state index in [1.165, 1.54) is 0 Å². The lowest BCUT2D eigenvalue weighted by Gasteiger charge is -2.29. The zero-order valence-corrected chi connectivity index (χ0v) is 20.8. The van der Waals surface area contributed by atoms with E-state index in [0.29, 0.717) is 35.0 Å². The van der Waals surface area contributed by atoms with Crippen molar-refractivity contribution in [3.63, 3.8) is 0 Å². The highest BCUT2D eigenvalue weighted by molar-refractivity contribution is 5.65. The average Bonchev–Trinajstić information content (AvgIpc) is 2.87. The minimum Gasteiger partial charge on any atom is -0.491 e. The molecule has 35 heavy (non-hydrogen) atoms. The molecule has 1 nitrogen and oxygen atoms in total. The summed E-state index contributed by atoms with van der Waals surface area (Å²) < 4.78 is 49.8. The summed E-state index contributed by atoms with van der Waals surface area (Å²) in [6, 6.07) is 16.2. The Balaban J connectivity index is 1.31. The van der Waals surface area contributed by atoms with Crippen LogP contribution >= 0.6 is 0 Å². The summed E-state index contributed by atoms with van der Waals surface area (Å²) in [7, 11) is 0. The van der Waals surface area contributed by atoms with Gasteiger partial charge in [-0.1, -0.05) is 61.4 Å². The van der Waals surface area contributed by atoms with Gasteiger partial charge in [-0.2, -0.15) is 0 Å². The van der Waals surface area contributed by atoms with E-state index < -0.39 is 11.6 Å². The van der Waals surface area contributed by atoms with E-state index in [2.05, 4.69) is 6.92 Å². The molecule has 0 aliphatic heterocycles. The Morgan fingerprint density at radius 2 is 1.60 bits per heavy atom. The third-order valence-corrected chi connectivity index (χ3v) is 7.35. The van der Waals surface area contributed by atoms with Gasteiger partial charge in [0.15, 0.2) is 23.2 Å². The SMILES string of the molecule is CCCCOc1ccc(CCC2CCC(c3ccc(-c4ccc(C)cc4)c(F)c3F)CC2)cc1F. The summed E-state index contributed by atoms with van der Waals surface area (Å²) in [6.07, 6.45) is 7.38. The fraction of sp³-hybridized carbons (Fsp3) is 0.419. The molecule has 0 atom stereocenters. The minimum atomic E-state index is -0.752. The number of ether oxygens (including phenoxy) is 1. The predicted octanol–water partition coefficient (Wildman–Crippen LogP) is 9.16. The van der Waals surface area contributed by atoms with Gasteiger partial charge >= 0.3 is 0 Å². The van der Waals surface area contributed by atoms with Crippen LogP contribution in [0.4, 0.5) is 13.2 Å². The second-order valence-corrected chi connectivity index (χ2v) is 9.92. The van der Waals surface area contributed by atoms with Crippen LogP contribution < -0.4 is 4.74 Å². The summed E-state index contributed by atoms with van der Waals surface area (Å²) in [5, 5.41) is 0.